The summed E-state index contributed by atoms with van der Waals surface area (Å²) >= 11 is 0. The number of hydrogen-bond acceptors (Lipinski definition) is 3. The number of hydrogen-bond donors (Lipinski definition) is 1. The van der Waals surface area contributed by atoms with Crippen LogP contribution in [0.4, 0.5) is 0 Å². The van der Waals surface area contributed by atoms with E-state index < -0.39 is 6.10 Å². The molecule has 0 spiro atoms. The third-order valence-corrected chi connectivity index (χ3v) is 2.13. The molecule has 0 radical (unpaired) electrons. The van der Waals surface area contributed by atoms with Gasteiger partial charge in [0.05, 0.1) is 6.61 Å². The number of aryl methyl sites for hydroxylation is 1. The highest BCUT2D eigenvalue weighted by Crippen LogP contribution is 2.12. The van der Waals surface area contributed by atoms with Gasteiger partial charge in [-0.1, -0.05) is 19.1 Å². The molecule has 0 fully saturated rings. The van der Waals surface area contributed by atoms with Crippen LogP contribution in [0.15, 0.2) is 24.3 Å². The van der Waals surface area contributed by atoms with Gasteiger partial charge in [0.15, 0.2) is 0 Å². The molecular weight excluding hydrogens is 192 g/mol. The molecule has 0 heterocycles. The van der Waals surface area contributed by atoms with Crippen molar-refractivity contribution in [3.05, 3.63) is 29.8 Å². The maximum atomic E-state index is 9.36. The average molecular weight is 210 g/mol. The van der Waals surface area contributed by atoms with Gasteiger partial charge in [0.25, 0.3) is 0 Å². The number of aliphatic hydroxyl groups is 1. The lowest BCUT2D eigenvalue weighted by atomic mass is 10.2. The predicted octanol–water partition coefficient (Wildman–Crippen LogP) is 1.64. The lowest BCUT2D eigenvalue weighted by Crippen LogP contribution is -2.22. The van der Waals surface area contributed by atoms with Crippen molar-refractivity contribution in [1.29, 1.82) is 0 Å². The third-order valence-electron chi connectivity index (χ3n) is 2.13. The molecule has 1 N–H and O–H groups in total. The lowest BCUT2D eigenvalue weighted by Gasteiger charge is -2.11. The van der Waals surface area contributed by atoms with Gasteiger partial charge >= 0.3 is 0 Å². The van der Waals surface area contributed by atoms with E-state index in [0.29, 0.717) is 6.61 Å². The zero-order valence-corrected chi connectivity index (χ0v) is 9.27. The molecule has 3 nitrogen and oxygen atoms in total. The highest BCUT2D eigenvalue weighted by Gasteiger charge is 2.03. The molecule has 0 amide bonds. The van der Waals surface area contributed by atoms with E-state index in [1.807, 2.05) is 24.3 Å². The normalized spacial score (nSPS) is 12.5. The average Bonchev–Trinajstić information content (AvgIpc) is 2.27. The Hall–Kier alpha value is -1.06. The number of methoxy groups -OCH3 is 1. The zero-order valence-electron chi connectivity index (χ0n) is 9.27. The lowest BCUT2D eigenvalue weighted by molar-refractivity contribution is 0.0325. The van der Waals surface area contributed by atoms with Crippen molar-refractivity contribution in [2.24, 2.45) is 0 Å². The summed E-state index contributed by atoms with van der Waals surface area (Å²) in [6.45, 7) is 2.67. The van der Waals surface area contributed by atoms with Crippen molar-refractivity contribution < 1.29 is 14.6 Å². The molecule has 1 aromatic rings. The smallest absolute Gasteiger partial charge is 0.119 e. The van der Waals surface area contributed by atoms with Gasteiger partial charge in [0.1, 0.15) is 18.5 Å². The fourth-order valence-electron chi connectivity index (χ4n) is 1.25. The Morgan fingerprint density at radius 2 is 1.87 bits per heavy atom. The second-order valence-electron chi connectivity index (χ2n) is 3.42. The highest BCUT2D eigenvalue weighted by atomic mass is 16.5. The largest absolute Gasteiger partial charge is 0.491 e. The van der Waals surface area contributed by atoms with Gasteiger partial charge in [0.2, 0.25) is 0 Å². The van der Waals surface area contributed by atoms with E-state index in [1.54, 1.807) is 7.11 Å². The van der Waals surface area contributed by atoms with Crippen LogP contribution in [0.25, 0.3) is 0 Å². The quantitative estimate of drug-likeness (QED) is 0.775. The van der Waals surface area contributed by atoms with Gasteiger partial charge in [-0.25, -0.2) is 0 Å². The topological polar surface area (TPSA) is 38.7 Å². The molecule has 0 aliphatic rings. The van der Waals surface area contributed by atoms with E-state index in [2.05, 4.69) is 6.92 Å². The van der Waals surface area contributed by atoms with E-state index in [1.165, 1.54) is 5.56 Å². The van der Waals surface area contributed by atoms with E-state index in [0.717, 1.165) is 12.2 Å². The summed E-state index contributed by atoms with van der Waals surface area (Å²) < 4.78 is 10.2. The van der Waals surface area contributed by atoms with Crippen LogP contribution in [0.3, 0.4) is 0 Å². The monoisotopic (exact) mass is 210 g/mol. The summed E-state index contributed by atoms with van der Waals surface area (Å²) in [6, 6.07) is 7.88. The van der Waals surface area contributed by atoms with Gasteiger partial charge < -0.3 is 14.6 Å². The van der Waals surface area contributed by atoms with Crippen molar-refractivity contribution in [3.8, 4) is 5.75 Å². The summed E-state index contributed by atoms with van der Waals surface area (Å²) in [5, 5.41) is 9.36. The standard InChI is InChI=1S/C12H18O3/c1-3-10-4-6-12(7-5-10)15-9-11(13)8-14-2/h4-7,11,13H,3,8-9H2,1-2H3/t11-/m0/s1. The first-order valence-corrected chi connectivity index (χ1v) is 5.15. The molecule has 1 aromatic carbocycles. The second kappa shape index (κ2) is 6.43. The van der Waals surface area contributed by atoms with Crippen LogP contribution in [0, 0.1) is 0 Å². The van der Waals surface area contributed by atoms with Crippen molar-refractivity contribution >= 4 is 0 Å². The van der Waals surface area contributed by atoms with Crippen molar-refractivity contribution in [2.45, 2.75) is 19.4 Å². The van der Waals surface area contributed by atoms with Gasteiger partial charge in [-0.15, -0.1) is 0 Å². The van der Waals surface area contributed by atoms with Crippen LogP contribution in [-0.4, -0.2) is 31.5 Å². The fraction of sp³-hybridized carbons (Fsp3) is 0.500. The molecular formula is C12H18O3. The minimum absolute atomic E-state index is 0.263. The number of benzene rings is 1. The molecule has 0 aromatic heterocycles. The third kappa shape index (κ3) is 4.32. The van der Waals surface area contributed by atoms with Gasteiger partial charge in [0, 0.05) is 7.11 Å². The summed E-state index contributed by atoms with van der Waals surface area (Å²) in [5.41, 5.74) is 1.28. The number of rotatable bonds is 6. The molecule has 1 rings (SSSR count). The summed E-state index contributed by atoms with van der Waals surface area (Å²) in [7, 11) is 1.55. The van der Waals surface area contributed by atoms with Gasteiger partial charge in [-0.3, -0.25) is 0 Å². The van der Waals surface area contributed by atoms with Crippen LogP contribution < -0.4 is 4.74 Å². The Bertz CT molecular complexity index is 269. The minimum Gasteiger partial charge on any atom is -0.491 e. The number of aliphatic hydroxyl groups excluding tert-OH is 1. The molecule has 0 aliphatic heterocycles. The molecule has 0 saturated carbocycles. The van der Waals surface area contributed by atoms with Crippen LogP contribution in [-0.2, 0) is 11.2 Å². The van der Waals surface area contributed by atoms with Crippen molar-refractivity contribution in [1.82, 2.24) is 0 Å². The summed E-state index contributed by atoms with van der Waals surface area (Å²) in [6.07, 6.45) is 0.452. The van der Waals surface area contributed by atoms with Crippen LogP contribution >= 0.6 is 0 Å². The fourth-order valence-corrected chi connectivity index (χ4v) is 1.25. The molecule has 0 aliphatic carbocycles. The Morgan fingerprint density at radius 1 is 1.20 bits per heavy atom. The van der Waals surface area contributed by atoms with E-state index in [4.69, 9.17) is 9.47 Å². The van der Waals surface area contributed by atoms with Crippen LogP contribution in [0.5, 0.6) is 5.75 Å². The Morgan fingerprint density at radius 3 is 2.40 bits per heavy atom. The minimum atomic E-state index is -0.569. The van der Waals surface area contributed by atoms with Crippen molar-refractivity contribution in [3.63, 3.8) is 0 Å². The maximum Gasteiger partial charge on any atom is 0.119 e. The SMILES string of the molecule is CCc1ccc(OC[C@@H](O)COC)cc1. The molecule has 0 saturated heterocycles. The van der Waals surface area contributed by atoms with E-state index >= 15 is 0 Å². The molecule has 3 heteroatoms. The summed E-state index contributed by atoms with van der Waals surface area (Å²) in [4.78, 5) is 0. The molecule has 1 atom stereocenters. The first-order chi connectivity index (χ1) is 7.26. The zero-order chi connectivity index (χ0) is 11.1. The molecule has 15 heavy (non-hydrogen) atoms. The number of ether oxygens (including phenoxy) is 2. The first kappa shape index (κ1) is 12.0. The van der Waals surface area contributed by atoms with Crippen LogP contribution in [0.1, 0.15) is 12.5 Å². The van der Waals surface area contributed by atoms with Crippen molar-refractivity contribution in [2.75, 3.05) is 20.3 Å². The predicted molar refractivity (Wildman–Crippen MR) is 59.2 cm³/mol. The first-order valence-electron chi connectivity index (χ1n) is 5.15. The maximum absolute atomic E-state index is 9.36. The van der Waals surface area contributed by atoms with Gasteiger partial charge in [-0.05, 0) is 24.1 Å². The summed E-state index contributed by atoms with van der Waals surface area (Å²) in [5.74, 6) is 0.780. The van der Waals surface area contributed by atoms with Gasteiger partial charge in [-0.2, -0.15) is 0 Å². The highest BCUT2D eigenvalue weighted by molar-refractivity contribution is 5.27. The Balaban J connectivity index is 2.37. The molecule has 0 unspecified atom stereocenters. The van der Waals surface area contributed by atoms with E-state index in [9.17, 15) is 5.11 Å². The molecule has 0 bridgehead atoms. The van der Waals surface area contributed by atoms with E-state index in [-0.39, 0.29) is 6.61 Å². The molecule has 84 valence electrons. The Labute approximate surface area is 90.6 Å². The van der Waals surface area contributed by atoms with Crippen LogP contribution in [0.2, 0.25) is 0 Å². The Kier molecular flexibility index (Phi) is 5.15. The second-order valence-corrected chi connectivity index (χ2v) is 3.42.